The van der Waals surface area contributed by atoms with Crippen molar-refractivity contribution >= 4 is 11.9 Å². The number of halogens is 2. The molecule has 0 saturated heterocycles. The van der Waals surface area contributed by atoms with Crippen molar-refractivity contribution in [2.75, 3.05) is 6.54 Å². The summed E-state index contributed by atoms with van der Waals surface area (Å²) in [6.07, 6.45) is -0.201. The van der Waals surface area contributed by atoms with Crippen molar-refractivity contribution in [1.29, 1.82) is 0 Å². The predicted octanol–water partition coefficient (Wildman–Crippen LogP) is 2.29. The van der Waals surface area contributed by atoms with E-state index in [2.05, 4.69) is 0 Å². The number of carboxylic acids is 1. The number of carbonyl (C=O) groups excluding carboxylic acids is 1. The van der Waals surface area contributed by atoms with Crippen molar-refractivity contribution in [3.05, 3.63) is 35.4 Å². The molecule has 1 rings (SSSR count). The summed E-state index contributed by atoms with van der Waals surface area (Å²) < 4.78 is 25.9. The van der Waals surface area contributed by atoms with Gasteiger partial charge in [-0.15, -0.1) is 0 Å². The number of hydrogen-bond donors (Lipinski definition) is 1. The Balaban J connectivity index is 2.92. The average molecular weight is 271 g/mol. The summed E-state index contributed by atoms with van der Waals surface area (Å²) >= 11 is 0. The number of aliphatic carboxylic acids is 1. The molecule has 4 nitrogen and oxygen atoms in total. The van der Waals surface area contributed by atoms with Gasteiger partial charge in [0.15, 0.2) is 11.6 Å². The summed E-state index contributed by atoms with van der Waals surface area (Å²) in [5.74, 6) is -3.68. The molecule has 1 aromatic rings. The first kappa shape index (κ1) is 15.1. The van der Waals surface area contributed by atoms with Crippen molar-refractivity contribution < 1.29 is 23.5 Å². The van der Waals surface area contributed by atoms with Gasteiger partial charge in [0.2, 0.25) is 0 Å². The van der Waals surface area contributed by atoms with Crippen LogP contribution in [0.15, 0.2) is 18.2 Å². The molecule has 0 heterocycles. The van der Waals surface area contributed by atoms with Crippen LogP contribution < -0.4 is 0 Å². The Labute approximate surface area is 109 Å². The van der Waals surface area contributed by atoms with E-state index >= 15 is 0 Å². The molecule has 0 unspecified atom stereocenters. The first-order chi connectivity index (χ1) is 8.82. The Bertz CT molecular complexity index is 489. The fraction of sp³-hybridized carbons (Fsp3) is 0.385. The molecule has 0 aliphatic carbocycles. The fourth-order valence-corrected chi connectivity index (χ4v) is 1.61. The Hall–Kier alpha value is -1.98. The molecule has 0 saturated carbocycles. The molecule has 19 heavy (non-hydrogen) atoms. The van der Waals surface area contributed by atoms with Crippen molar-refractivity contribution in [2.45, 2.75) is 26.3 Å². The Morgan fingerprint density at radius 3 is 2.37 bits per heavy atom. The van der Waals surface area contributed by atoms with Crippen molar-refractivity contribution in [2.24, 2.45) is 0 Å². The minimum atomic E-state index is -1.10. The van der Waals surface area contributed by atoms with Gasteiger partial charge >= 0.3 is 5.97 Å². The number of nitrogens with zero attached hydrogens (tertiary/aromatic N) is 1. The fourth-order valence-electron chi connectivity index (χ4n) is 1.61. The zero-order chi connectivity index (χ0) is 14.6. The maximum atomic E-state index is 13.1. The first-order valence-electron chi connectivity index (χ1n) is 5.80. The van der Waals surface area contributed by atoms with Crippen molar-refractivity contribution in [1.82, 2.24) is 4.90 Å². The van der Waals surface area contributed by atoms with E-state index in [1.54, 1.807) is 13.8 Å². The molecular weight excluding hydrogens is 256 g/mol. The molecule has 6 heteroatoms. The highest BCUT2D eigenvalue weighted by Crippen LogP contribution is 2.13. The van der Waals surface area contributed by atoms with E-state index in [0.29, 0.717) is 0 Å². The molecule has 1 aromatic carbocycles. The van der Waals surface area contributed by atoms with Gasteiger partial charge in [-0.25, -0.2) is 8.78 Å². The lowest BCUT2D eigenvalue weighted by molar-refractivity contribution is -0.137. The second-order valence-electron chi connectivity index (χ2n) is 4.36. The van der Waals surface area contributed by atoms with Crippen LogP contribution >= 0.6 is 0 Å². The molecule has 0 aromatic heterocycles. The second kappa shape index (κ2) is 6.26. The lowest BCUT2D eigenvalue weighted by Gasteiger charge is -2.26. The summed E-state index contributed by atoms with van der Waals surface area (Å²) in [6.45, 7) is 3.46. The normalized spacial score (nSPS) is 10.6. The van der Waals surface area contributed by atoms with Crippen LogP contribution in [-0.2, 0) is 4.79 Å². The number of hydrogen-bond acceptors (Lipinski definition) is 2. The largest absolute Gasteiger partial charge is 0.481 e. The quantitative estimate of drug-likeness (QED) is 0.893. The maximum absolute atomic E-state index is 13.1. The average Bonchev–Trinajstić information content (AvgIpc) is 2.31. The van der Waals surface area contributed by atoms with Gasteiger partial charge in [0.1, 0.15) is 0 Å². The lowest BCUT2D eigenvalue weighted by Crippen LogP contribution is -2.38. The van der Waals surface area contributed by atoms with Gasteiger partial charge in [-0.1, -0.05) is 0 Å². The van der Waals surface area contributed by atoms with Crippen molar-refractivity contribution in [3.63, 3.8) is 0 Å². The van der Waals surface area contributed by atoms with Crippen LogP contribution in [-0.4, -0.2) is 34.5 Å². The smallest absolute Gasteiger partial charge is 0.305 e. The Morgan fingerprint density at radius 2 is 1.89 bits per heavy atom. The van der Waals surface area contributed by atoms with Gasteiger partial charge in [0.05, 0.1) is 6.42 Å². The topological polar surface area (TPSA) is 57.6 Å². The summed E-state index contributed by atoms with van der Waals surface area (Å²) in [5, 5.41) is 8.63. The highest BCUT2D eigenvalue weighted by atomic mass is 19.2. The Morgan fingerprint density at radius 1 is 1.26 bits per heavy atom. The highest BCUT2D eigenvalue weighted by Gasteiger charge is 2.20. The number of rotatable bonds is 5. The third kappa shape index (κ3) is 4.01. The molecule has 1 amide bonds. The zero-order valence-corrected chi connectivity index (χ0v) is 10.7. The van der Waals surface area contributed by atoms with E-state index in [4.69, 9.17) is 5.11 Å². The van der Waals surface area contributed by atoms with Crippen LogP contribution in [0, 0.1) is 11.6 Å². The molecule has 1 N–H and O–H groups in total. The predicted molar refractivity (Wildman–Crippen MR) is 64.8 cm³/mol. The van der Waals surface area contributed by atoms with Gasteiger partial charge in [0, 0.05) is 18.2 Å². The zero-order valence-electron chi connectivity index (χ0n) is 10.7. The van der Waals surface area contributed by atoms with Crippen molar-refractivity contribution in [3.8, 4) is 0 Å². The maximum Gasteiger partial charge on any atom is 0.305 e. The monoisotopic (exact) mass is 271 g/mol. The van der Waals surface area contributed by atoms with Gasteiger partial charge in [-0.2, -0.15) is 0 Å². The highest BCUT2D eigenvalue weighted by molar-refractivity contribution is 5.94. The molecule has 0 spiro atoms. The van der Waals surface area contributed by atoms with E-state index in [-0.39, 0.29) is 24.6 Å². The molecule has 0 bridgehead atoms. The minimum absolute atomic E-state index is 0.00186. The summed E-state index contributed by atoms with van der Waals surface area (Å²) in [5.41, 5.74) is -0.00186. The van der Waals surface area contributed by atoms with E-state index < -0.39 is 23.5 Å². The van der Waals surface area contributed by atoms with Crippen LogP contribution in [0.4, 0.5) is 8.78 Å². The van der Waals surface area contributed by atoms with Crippen LogP contribution in [0.5, 0.6) is 0 Å². The van der Waals surface area contributed by atoms with Gasteiger partial charge in [0.25, 0.3) is 5.91 Å². The first-order valence-corrected chi connectivity index (χ1v) is 5.80. The van der Waals surface area contributed by atoms with Gasteiger partial charge < -0.3 is 10.0 Å². The van der Waals surface area contributed by atoms with Crippen LogP contribution in [0.3, 0.4) is 0 Å². The molecule has 0 radical (unpaired) electrons. The number of benzene rings is 1. The van der Waals surface area contributed by atoms with E-state index in [0.717, 1.165) is 12.1 Å². The molecule has 104 valence electrons. The van der Waals surface area contributed by atoms with Crippen LogP contribution in [0.25, 0.3) is 0 Å². The Kier molecular flexibility index (Phi) is 4.97. The van der Waals surface area contributed by atoms with Crippen LogP contribution in [0.2, 0.25) is 0 Å². The van der Waals surface area contributed by atoms with E-state index in [9.17, 15) is 18.4 Å². The third-order valence-electron chi connectivity index (χ3n) is 2.62. The summed E-state index contributed by atoms with van der Waals surface area (Å²) in [6, 6.07) is 2.63. The van der Waals surface area contributed by atoms with E-state index in [1.165, 1.54) is 11.0 Å². The molecule has 0 fully saturated rings. The molecular formula is C13H15F2NO3. The lowest BCUT2D eigenvalue weighted by atomic mass is 10.1. The SMILES string of the molecule is CC(C)N(CCC(=O)O)C(=O)c1ccc(F)c(F)c1. The van der Waals surface area contributed by atoms with E-state index in [1.807, 2.05) is 0 Å². The minimum Gasteiger partial charge on any atom is -0.481 e. The van der Waals surface area contributed by atoms with Crippen LogP contribution in [0.1, 0.15) is 30.6 Å². The van der Waals surface area contributed by atoms with Gasteiger partial charge in [-0.3, -0.25) is 9.59 Å². The summed E-state index contributed by atoms with van der Waals surface area (Å²) in [4.78, 5) is 23.9. The molecule has 0 aliphatic heterocycles. The number of carboxylic acid groups (broad SMARTS) is 1. The van der Waals surface area contributed by atoms with Gasteiger partial charge in [-0.05, 0) is 32.0 Å². The third-order valence-corrected chi connectivity index (χ3v) is 2.62. The number of carbonyl (C=O) groups is 2. The second-order valence-corrected chi connectivity index (χ2v) is 4.36. The standard InChI is InChI=1S/C13H15F2NO3/c1-8(2)16(6-5-12(17)18)13(19)9-3-4-10(14)11(15)7-9/h3-4,7-8H,5-6H2,1-2H3,(H,17,18). The molecule has 0 atom stereocenters. The number of amides is 1. The summed E-state index contributed by atoms with van der Waals surface area (Å²) in [7, 11) is 0. The molecule has 0 aliphatic rings.